The zero-order valence-electron chi connectivity index (χ0n) is 33.1. The van der Waals surface area contributed by atoms with Gasteiger partial charge in [-0.1, -0.05) is 60.7 Å². The van der Waals surface area contributed by atoms with Gasteiger partial charge in [-0.05, 0) is 55.8 Å². The van der Waals surface area contributed by atoms with Crippen molar-refractivity contribution in [3.63, 3.8) is 0 Å². The Balaban J connectivity index is 1.57. The number of amides is 1. The first kappa shape index (κ1) is 43.7. The third-order valence-electron chi connectivity index (χ3n) is 9.65. The molecule has 0 spiro atoms. The maximum atomic E-state index is 18.0. The van der Waals surface area contributed by atoms with Crippen LogP contribution in [0, 0.1) is 5.82 Å². The highest BCUT2D eigenvalue weighted by molar-refractivity contribution is 6.12. The van der Waals surface area contributed by atoms with Crippen LogP contribution in [0.1, 0.15) is 52.4 Å². The van der Waals surface area contributed by atoms with E-state index >= 15 is 4.39 Å². The van der Waals surface area contributed by atoms with Crippen LogP contribution >= 0.6 is 0 Å². The van der Waals surface area contributed by atoms with Gasteiger partial charge in [0, 0.05) is 29.4 Å². The molecule has 12 nitrogen and oxygen atoms in total. The molecule has 63 heavy (non-hydrogen) atoms. The quantitative estimate of drug-likeness (QED) is 0.0862. The fourth-order valence-electron chi connectivity index (χ4n) is 6.82. The third kappa shape index (κ3) is 8.99. The number of hydrogen-bond acceptors (Lipinski definition) is 8. The summed E-state index contributed by atoms with van der Waals surface area (Å²) in [6.07, 6.45) is -6.73. The molecular formula is C44H34F7N7O5. The van der Waals surface area contributed by atoms with Crippen LogP contribution in [-0.4, -0.2) is 41.8 Å². The molecule has 19 heteroatoms. The lowest BCUT2D eigenvalue weighted by Gasteiger charge is -2.21. The summed E-state index contributed by atoms with van der Waals surface area (Å²) in [5.74, 6) is -3.84. The number of pyridine rings is 3. The number of nitrogens with zero attached hydrogens (tertiary/aromatic N) is 5. The number of aromatic amines is 1. The molecule has 0 aliphatic rings. The number of benzene rings is 3. The van der Waals surface area contributed by atoms with E-state index in [0.717, 1.165) is 58.9 Å². The number of hydrogen-bond donors (Lipinski definition) is 2. The predicted octanol–water partition coefficient (Wildman–Crippen LogP) is 9.17. The van der Waals surface area contributed by atoms with E-state index in [4.69, 9.17) is 9.47 Å². The number of fused-ring (bicyclic) bond motifs is 1. The first-order valence-electron chi connectivity index (χ1n) is 19.1. The number of carbonyl (C=O) groups is 1. The van der Waals surface area contributed by atoms with E-state index in [1.165, 1.54) is 24.4 Å². The Kier molecular flexibility index (Phi) is 12.4. The predicted molar refractivity (Wildman–Crippen MR) is 218 cm³/mol. The first-order chi connectivity index (χ1) is 30.1. The third-order valence-corrected chi connectivity index (χ3v) is 9.65. The summed E-state index contributed by atoms with van der Waals surface area (Å²) < 4.78 is 118. The lowest BCUT2D eigenvalue weighted by atomic mass is 9.90. The molecular weight excluding hydrogens is 840 g/mol. The highest BCUT2D eigenvalue weighted by atomic mass is 19.4. The molecule has 3 aromatic carbocycles. The van der Waals surface area contributed by atoms with E-state index < -0.39 is 91.6 Å². The normalized spacial score (nSPS) is 12.0. The average molecular weight is 874 g/mol. The summed E-state index contributed by atoms with van der Waals surface area (Å²) in [4.78, 5) is 53.1. The summed E-state index contributed by atoms with van der Waals surface area (Å²) >= 11 is 0. The Hall–Kier alpha value is -7.41. The minimum absolute atomic E-state index is 0.00326. The van der Waals surface area contributed by atoms with Crippen molar-refractivity contribution in [2.45, 2.75) is 46.0 Å². The number of H-pyrrole nitrogens is 1. The van der Waals surface area contributed by atoms with E-state index in [9.17, 15) is 40.7 Å². The Morgan fingerprint density at radius 3 is 2.22 bits per heavy atom. The molecule has 0 unspecified atom stereocenters. The number of halogens is 7. The molecule has 7 aromatic rings. The standard InChI is InChI=1S/C44H34F7N7O5/c1-3-57-34(24-63-23-25-12-6-5-7-13-25)56-58(42(57)61)39-37(45)35(36(33(54-39)19-21-62-4-2)41(60)55-32-17-11-10-16-30(32)44(49,50)51)28-22-27-31(18-20-52-40(27)59)53-38(28)26-14-8-9-15-29(26)43(46,47)48/h5-22H,3-4,23-24H2,1-2H3,(H,52,59)(H,55,60)/b21-19-. The van der Waals surface area contributed by atoms with Crippen molar-refractivity contribution < 1.29 is 45.0 Å². The molecule has 324 valence electrons. The summed E-state index contributed by atoms with van der Waals surface area (Å²) in [5.41, 5.74) is -8.47. The Bertz CT molecular complexity index is 2980. The Morgan fingerprint density at radius 1 is 0.841 bits per heavy atom. The van der Waals surface area contributed by atoms with Crippen molar-refractivity contribution >= 4 is 28.6 Å². The molecule has 0 aliphatic carbocycles. The smallest absolute Gasteiger partial charge is 0.418 e. The molecule has 1 amide bonds. The van der Waals surface area contributed by atoms with E-state index in [1.807, 2.05) is 6.07 Å². The van der Waals surface area contributed by atoms with Crippen molar-refractivity contribution in [1.82, 2.24) is 29.3 Å². The number of nitrogens with one attached hydrogen (secondary N) is 2. The highest BCUT2D eigenvalue weighted by Gasteiger charge is 2.38. The zero-order valence-corrected chi connectivity index (χ0v) is 33.1. The summed E-state index contributed by atoms with van der Waals surface area (Å²) in [5, 5.41) is 6.21. The SMILES string of the molecule is CCO/C=C\c1nc(-n2nc(COCc3ccccc3)n(CC)c2=O)c(F)c(-c2cc3c(=O)[nH]ccc3nc2-c2ccccc2C(F)(F)F)c1C(=O)Nc1ccccc1C(F)(F)F. The van der Waals surface area contributed by atoms with Crippen LogP contribution in [0.4, 0.5) is 36.4 Å². The van der Waals surface area contributed by atoms with Gasteiger partial charge in [-0.3, -0.25) is 14.2 Å². The highest BCUT2D eigenvalue weighted by Crippen LogP contribution is 2.44. The molecule has 0 atom stereocenters. The molecule has 4 aromatic heterocycles. The van der Waals surface area contributed by atoms with Crippen LogP contribution in [0.15, 0.2) is 113 Å². The van der Waals surface area contributed by atoms with Gasteiger partial charge in [0.25, 0.3) is 11.5 Å². The fourth-order valence-corrected chi connectivity index (χ4v) is 6.82. The summed E-state index contributed by atoms with van der Waals surface area (Å²) in [6, 6.07) is 19.4. The summed E-state index contributed by atoms with van der Waals surface area (Å²) in [6.45, 7) is 3.11. The van der Waals surface area contributed by atoms with E-state index in [0.29, 0.717) is 10.7 Å². The van der Waals surface area contributed by atoms with Crippen molar-refractivity contribution in [1.29, 1.82) is 0 Å². The maximum Gasteiger partial charge on any atom is 0.418 e. The second kappa shape index (κ2) is 17.9. The Morgan fingerprint density at radius 2 is 1.52 bits per heavy atom. The molecule has 0 fully saturated rings. The topological polar surface area (TPSA) is 146 Å². The molecule has 0 bridgehead atoms. The minimum Gasteiger partial charge on any atom is -0.501 e. The van der Waals surface area contributed by atoms with Gasteiger partial charge in [0.05, 0.1) is 64.1 Å². The van der Waals surface area contributed by atoms with E-state index in [-0.39, 0.29) is 43.1 Å². The number of anilines is 1. The molecule has 2 N–H and O–H groups in total. The monoisotopic (exact) mass is 873 g/mol. The number of carbonyl (C=O) groups excluding carboxylic acids is 1. The fraction of sp³-hybridized carbons (Fsp3) is 0.182. The molecule has 0 saturated heterocycles. The average Bonchev–Trinajstić information content (AvgIpc) is 3.57. The van der Waals surface area contributed by atoms with Crippen LogP contribution < -0.4 is 16.6 Å². The molecule has 7 rings (SSSR count). The van der Waals surface area contributed by atoms with Gasteiger partial charge in [0.2, 0.25) is 0 Å². The van der Waals surface area contributed by atoms with Gasteiger partial charge in [0.1, 0.15) is 6.61 Å². The van der Waals surface area contributed by atoms with Gasteiger partial charge >= 0.3 is 18.0 Å². The van der Waals surface area contributed by atoms with Gasteiger partial charge in [-0.15, -0.1) is 5.10 Å². The first-order valence-corrected chi connectivity index (χ1v) is 19.1. The molecule has 0 radical (unpaired) electrons. The number of alkyl halides is 6. The number of para-hydroxylation sites is 1. The van der Waals surface area contributed by atoms with E-state index in [2.05, 4.69) is 25.4 Å². The van der Waals surface area contributed by atoms with Gasteiger partial charge < -0.3 is 19.8 Å². The lowest BCUT2D eigenvalue weighted by Crippen LogP contribution is -2.27. The molecule has 4 heterocycles. The van der Waals surface area contributed by atoms with Crippen LogP contribution in [0.3, 0.4) is 0 Å². The van der Waals surface area contributed by atoms with Gasteiger partial charge in [-0.25, -0.2) is 19.2 Å². The van der Waals surface area contributed by atoms with Crippen molar-refractivity contribution in [3.8, 4) is 28.2 Å². The Labute approximate surface area is 352 Å². The zero-order chi connectivity index (χ0) is 45.1. The maximum absolute atomic E-state index is 18.0. The second-order valence-electron chi connectivity index (χ2n) is 13.6. The number of rotatable bonds is 13. The van der Waals surface area contributed by atoms with E-state index in [1.54, 1.807) is 38.1 Å². The summed E-state index contributed by atoms with van der Waals surface area (Å²) in [7, 11) is 0. The largest absolute Gasteiger partial charge is 0.501 e. The molecule has 0 aliphatic heterocycles. The minimum atomic E-state index is -5.02. The van der Waals surface area contributed by atoms with Crippen LogP contribution in [0.2, 0.25) is 0 Å². The van der Waals surface area contributed by atoms with Crippen LogP contribution in [0.5, 0.6) is 0 Å². The van der Waals surface area contributed by atoms with Crippen molar-refractivity contribution in [2.75, 3.05) is 11.9 Å². The van der Waals surface area contributed by atoms with Crippen molar-refractivity contribution in [3.05, 3.63) is 164 Å². The van der Waals surface area contributed by atoms with Crippen LogP contribution in [0.25, 0.3) is 45.2 Å². The van der Waals surface area contributed by atoms with Gasteiger partial charge in [-0.2, -0.15) is 31.0 Å². The van der Waals surface area contributed by atoms with Crippen LogP contribution in [-0.2, 0) is 41.6 Å². The van der Waals surface area contributed by atoms with Gasteiger partial charge in [0.15, 0.2) is 17.5 Å². The second-order valence-corrected chi connectivity index (χ2v) is 13.6. The lowest BCUT2D eigenvalue weighted by molar-refractivity contribution is -0.137. The number of ether oxygens (including phenoxy) is 2. The number of aromatic nitrogens is 6. The molecule has 0 saturated carbocycles. The van der Waals surface area contributed by atoms with Crippen molar-refractivity contribution in [2.24, 2.45) is 0 Å².